The third-order valence-corrected chi connectivity index (χ3v) is 5.16. The number of aliphatic hydroxyl groups excluding tert-OH is 1. The van der Waals surface area contributed by atoms with Gasteiger partial charge in [0.15, 0.2) is 11.5 Å². The molecule has 172 valence electrons. The summed E-state index contributed by atoms with van der Waals surface area (Å²) in [6, 6.07) is 5.32. The Labute approximate surface area is 179 Å². The maximum atomic E-state index is 11.2. The van der Waals surface area contributed by atoms with Crippen LogP contribution in [0.5, 0.6) is 11.5 Å². The summed E-state index contributed by atoms with van der Waals surface area (Å²) in [5.74, 6) is 1.83. The minimum absolute atomic E-state index is 0.170. The van der Waals surface area contributed by atoms with Gasteiger partial charge in [-0.15, -0.1) is 0 Å². The number of hydrogen-bond donors (Lipinski definition) is 4. The second kappa shape index (κ2) is 14.1. The molecule has 0 radical (unpaired) electrons. The van der Waals surface area contributed by atoms with Crippen LogP contribution in [0.1, 0.15) is 32.3 Å². The topological polar surface area (TPSA) is 109 Å². The van der Waals surface area contributed by atoms with Gasteiger partial charge in [0.2, 0.25) is 0 Å². The van der Waals surface area contributed by atoms with Crippen LogP contribution in [0.3, 0.4) is 0 Å². The van der Waals surface area contributed by atoms with Gasteiger partial charge in [0.1, 0.15) is 0 Å². The summed E-state index contributed by atoms with van der Waals surface area (Å²) in [5.41, 5.74) is 1.08. The molecule has 0 aliphatic heterocycles. The van der Waals surface area contributed by atoms with Crippen molar-refractivity contribution in [1.82, 2.24) is 10.6 Å². The van der Waals surface area contributed by atoms with Crippen molar-refractivity contribution in [1.29, 1.82) is 0 Å². The van der Waals surface area contributed by atoms with E-state index >= 15 is 0 Å². The molecule has 0 saturated heterocycles. The summed E-state index contributed by atoms with van der Waals surface area (Å²) in [6.45, 7) is 5.70. The summed E-state index contributed by atoms with van der Waals surface area (Å²) in [4.78, 5) is 11.2. The molecule has 0 unspecified atom stereocenters. The number of nitrogens with one attached hydrogen (secondary N) is 2. The Bertz CT molecular complexity index is 626. The predicted octanol–water partition coefficient (Wildman–Crippen LogP) is 2.53. The van der Waals surface area contributed by atoms with Gasteiger partial charge in [0.25, 0.3) is 0 Å². The Morgan fingerprint density at radius 2 is 1.90 bits per heavy atom. The van der Waals surface area contributed by atoms with Gasteiger partial charge < -0.3 is 35.1 Å². The van der Waals surface area contributed by atoms with Gasteiger partial charge in [-0.1, -0.05) is 19.9 Å². The average molecular weight is 427 g/mol. The van der Waals surface area contributed by atoms with E-state index in [0.717, 1.165) is 18.4 Å². The molecule has 4 N–H and O–H groups in total. The number of methoxy groups -OCH3 is 2. The number of aliphatic hydroxyl groups is 1. The van der Waals surface area contributed by atoms with Crippen LogP contribution in [0, 0.1) is 11.8 Å². The van der Waals surface area contributed by atoms with Gasteiger partial charge in [-0.25, -0.2) is 4.79 Å². The van der Waals surface area contributed by atoms with Crippen LogP contribution in [-0.2, 0) is 11.2 Å². The first-order valence-electron chi connectivity index (χ1n) is 10.4. The first-order chi connectivity index (χ1) is 14.3. The number of benzene rings is 1. The molecular weight excluding hydrogens is 388 g/mol. The largest absolute Gasteiger partial charge is 0.493 e. The molecule has 8 nitrogen and oxygen atoms in total. The molecule has 0 aromatic heterocycles. The standard InChI is InChI=1S/C22H38N2O6/c1-15(2)17(13-18(24-22(26)27)19(25)14-23-3)11-16-7-8-20(29-5)21(12-16)30-10-6-9-28-4/h7-8,12,15,17-19,23-25H,6,9-11,13-14H2,1-5H3,(H,26,27)/t17-,18-,19-/m0/s1. The van der Waals surface area contributed by atoms with Crippen LogP contribution in [0.4, 0.5) is 4.79 Å². The first kappa shape index (κ1) is 26.0. The second-order valence-corrected chi connectivity index (χ2v) is 7.80. The molecular formula is C22H38N2O6. The highest BCUT2D eigenvalue weighted by atomic mass is 16.5. The Morgan fingerprint density at radius 1 is 1.17 bits per heavy atom. The van der Waals surface area contributed by atoms with Crippen LogP contribution >= 0.6 is 0 Å². The number of amides is 1. The first-order valence-corrected chi connectivity index (χ1v) is 10.4. The number of carbonyl (C=O) groups is 1. The number of carboxylic acid groups (broad SMARTS) is 1. The van der Waals surface area contributed by atoms with E-state index in [9.17, 15) is 15.0 Å². The van der Waals surface area contributed by atoms with Gasteiger partial charge in [-0.05, 0) is 49.4 Å². The summed E-state index contributed by atoms with van der Waals surface area (Å²) in [7, 11) is 5.00. The van der Waals surface area contributed by atoms with Crippen LogP contribution in [0.2, 0.25) is 0 Å². The monoisotopic (exact) mass is 426 g/mol. The lowest BCUT2D eigenvalue weighted by molar-refractivity contribution is 0.103. The number of rotatable bonds is 15. The van der Waals surface area contributed by atoms with Gasteiger partial charge in [-0.3, -0.25) is 0 Å². The van der Waals surface area contributed by atoms with E-state index in [0.29, 0.717) is 43.6 Å². The third-order valence-electron chi connectivity index (χ3n) is 5.16. The van der Waals surface area contributed by atoms with Crippen LogP contribution in [0.25, 0.3) is 0 Å². The summed E-state index contributed by atoms with van der Waals surface area (Å²) in [6.07, 6.45) is 0.115. The van der Waals surface area contributed by atoms with Crippen LogP contribution < -0.4 is 20.1 Å². The molecule has 0 bridgehead atoms. The zero-order valence-electron chi connectivity index (χ0n) is 18.8. The quantitative estimate of drug-likeness (QED) is 0.319. The smallest absolute Gasteiger partial charge is 0.404 e. The molecule has 0 spiro atoms. The molecule has 0 fully saturated rings. The van der Waals surface area contributed by atoms with Crippen molar-refractivity contribution in [3.05, 3.63) is 23.8 Å². The number of ether oxygens (including phenoxy) is 3. The van der Waals surface area contributed by atoms with Crippen molar-refractivity contribution in [3.63, 3.8) is 0 Å². The molecule has 0 saturated carbocycles. The minimum atomic E-state index is -1.13. The van der Waals surface area contributed by atoms with E-state index in [4.69, 9.17) is 14.2 Å². The number of likely N-dealkylation sites (N-methyl/N-ethyl adjacent to an activating group) is 1. The Balaban J connectivity index is 2.93. The zero-order valence-corrected chi connectivity index (χ0v) is 18.8. The summed E-state index contributed by atoms with van der Waals surface area (Å²) < 4.78 is 16.3. The Kier molecular flexibility index (Phi) is 12.2. The Hall–Kier alpha value is -2.03. The van der Waals surface area contributed by atoms with E-state index in [-0.39, 0.29) is 5.92 Å². The van der Waals surface area contributed by atoms with Crippen molar-refractivity contribution in [2.45, 2.75) is 45.3 Å². The van der Waals surface area contributed by atoms with E-state index in [2.05, 4.69) is 24.5 Å². The molecule has 1 aromatic rings. The van der Waals surface area contributed by atoms with E-state index in [1.807, 2.05) is 18.2 Å². The molecule has 3 atom stereocenters. The van der Waals surface area contributed by atoms with Gasteiger partial charge in [-0.2, -0.15) is 0 Å². The lowest BCUT2D eigenvalue weighted by Crippen LogP contribution is -2.48. The van der Waals surface area contributed by atoms with E-state index in [1.165, 1.54) is 0 Å². The molecule has 30 heavy (non-hydrogen) atoms. The van der Waals surface area contributed by atoms with Gasteiger partial charge in [0, 0.05) is 26.7 Å². The molecule has 1 aromatic carbocycles. The summed E-state index contributed by atoms with van der Waals surface area (Å²) in [5, 5.41) is 24.9. The van der Waals surface area contributed by atoms with Crippen LogP contribution in [-0.4, -0.2) is 69.5 Å². The van der Waals surface area contributed by atoms with Crippen molar-refractivity contribution >= 4 is 6.09 Å². The predicted molar refractivity (Wildman–Crippen MR) is 117 cm³/mol. The molecule has 0 aliphatic carbocycles. The lowest BCUT2D eigenvalue weighted by Gasteiger charge is -2.29. The highest BCUT2D eigenvalue weighted by molar-refractivity contribution is 5.64. The lowest BCUT2D eigenvalue weighted by atomic mass is 9.83. The number of hydrogen-bond acceptors (Lipinski definition) is 6. The van der Waals surface area contributed by atoms with Crippen molar-refractivity contribution in [2.75, 3.05) is 41.0 Å². The van der Waals surface area contributed by atoms with Crippen molar-refractivity contribution in [2.24, 2.45) is 11.8 Å². The van der Waals surface area contributed by atoms with Crippen LogP contribution in [0.15, 0.2) is 18.2 Å². The summed E-state index contributed by atoms with van der Waals surface area (Å²) >= 11 is 0. The highest BCUT2D eigenvalue weighted by Gasteiger charge is 2.26. The van der Waals surface area contributed by atoms with E-state index in [1.54, 1.807) is 21.3 Å². The fourth-order valence-electron chi connectivity index (χ4n) is 3.39. The van der Waals surface area contributed by atoms with Crippen molar-refractivity contribution in [3.8, 4) is 11.5 Å². The third kappa shape index (κ3) is 9.19. The SMILES string of the molecule is CNC[C@H](O)[C@H](C[C@H](Cc1ccc(OC)c(OCCCOC)c1)C(C)C)NC(=O)O. The molecule has 8 heteroatoms. The fourth-order valence-corrected chi connectivity index (χ4v) is 3.39. The Morgan fingerprint density at radius 3 is 2.47 bits per heavy atom. The highest BCUT2D eigenvalue weighted by Crippen LogP contribution is 2.31. The maximum Gasteiger partial charge on any atom is 0.404 e. The molecule has 1 rings (SSSR count). The van der Waals surface area contributed by atoms with Gasteiger partial charge in [0.05, 0.1) is 25.9 Å². The molecule has 1 amide bonds. The molecule has 0 aliphatic rings. The fraction of sp³-hybridized carbons (Fsp3) is 0.682. The van der Waals surface area contributed by atoms with Gasteiger partial charge >= 0.3 is 6.09 Å². The maximum absolute atomic E-state index is 11.2. The minimum Gasteiger partial charge on any atom is -0.493 e. The normalized spacial score (nSPS) is 14.2. The molecule has 0 heterocycles. The average Bonchev–Trinajstić information content (AvgIpc) is 2.70. The second-order valence-electron chi connectivity index (χ2n) is 7.80. The van der Waals surface area contributed by atoms with Crippen molar-refractivity contribution < 1.29 is 29.2 Å². The van der Waals surface area contributed by atoms with E-state index < -0.39 is 18.2 Å². The zero-order chi connectivity index (χ0) is 22.5.